The van der Waals surface area contributed by atoms with E-state index in [1.165, 1.54) is 0 Å². The van der Waals surface area contributed by atoms with Gasteiger partial charge in [0.25, 0.3) is 5.91 Å². The number of aliphatic hydroxyl groups excluding tert-OH is 2. The number of carbonyl (C=O) groups is 1. The van der Waals surface area contributed by atoms with Crippen molar-refractivity contribution in [1.29, 1.82) is 0 Å². The number of nitrogens with zero attached hydrogens (tertiary/aromatic N) is 2. The van der Waals surface area contributed by atoms with E-state index in [-0.39, 0.29) is 12.5 Å². The zero-order valence-corrected chi connectivity index (χ0v) is 10.5. The molecule has 1 amide bonds. The van der Waals surface area contributed by atoms with Gasteiger partial charge in [-0.1, -0.05) is 11.8 Å². The predicted octanol–water partition coefficient (Wildman–Crippen LogP) is 0.0223. The summed E-state index contributed by atoms with van der Waals surface area (Å²) in [5, 5.41) is 18.2. The second-order valence-electron chi connectivity index (χ2n) is 4.37. The maximum absolute atomic E-state index is 12.3. The van der Waals surface area contributed by atoms with Gasteiger partial charge in [-0.25, -0.2) is 4.98 Å². The average molecular weight is 260 g/mol. The first kappa shape index (κ1) is 13.5. The summed E-state index contributed by atoms with van der Waals surface area (Å²) in [6, 6.07) is 3.45. The monoisotopic (exact) mass is 260 g/mol. The molecular formula is C14H16N2O3. The summed E-state index contributed by atoms with van der Waals surface area (Å²) in [6.07, 6.45) is 2.07. The lowest BCUT2D eigenvalue weighted by Crippen LogP contribution is -2.30. The molecule has 100 valence electrons. The van der Waals surface area contributed by atoms with E-state index < -0.39 is 6.10 Å². The highest BCUT2D eigenvalue weighted by atomic mass is 16.3. The van der Waals surface area contributed by atoms with Crippen LogP contribution in [0.4, 0.5) is 0 Å². The van der Waals surface area contributed by atoms with Gasteiger partial charge >= 0.3 is 0 Å². The standard InChI is InChI=1S/C14H16N2O3/c17-9-2-1-4-11-5-3-7-15-13(11)14(19)16-8-6-12(18)10-16/h3,5,7,12,17-18H,2,6,8-10H2. The molecule has 0 aliphatic carbocycles. The lowest BCUT2D eigenvalue weighted by Gasteiger charge is -2.15. The van der Waals surface area contributed by atoms with Crippen molar-refractivity contribution in [2.24, 2.45) is 0 Å². The van der Waals surface area contributed by atoms with Gasteiger partial charge in [-0.3, -0.25) is 4.79 Å². The van der Waals surface area contributed by atoms with Crippen LogP contribution in [0, 0.1) is 11.8 Å². The maximum atomic E-state index is 12.3. The van der Waals surface area contributed by atoms with Crippen LogP contribution in [0.15, 0.2) is 18.3 Å². The number of hydrogen-bond acceptors (Lipinski definition) is 4. The fraction of sp³-hybridized carbons (Fsp3) is 0.429. The van der Waals surface area contributed by atoms with Gasteiger partial charge in [-0.2, -0.15) is 0 Å². The van der Waals surface area contributed by atoms with Crippen molar-refractivity contribution in [2.45, 2.75) is 18.9 Å². The molecule has 1 aliphatic heterocycles. The third kappa shape index (κ3) is 3.31. The Morgan fingerprint density at radius 3 is 3.11 bits per heavy atom. The first-order chi connectivity index (χ1) is 9.22. The first-order valence-electron chi connectivity index (χ1n) is 6.24. The van der Waals surface area contributed by atoms with Crippen molar-refractivity contribution in [1.82, 2.24) is 9.88 Å². The normalized spacial score (nSPS) is 18.0. The molecule has 0 aromatic carbocycles. The molecule has 1 aliphatic rings. The molecule has 1 aromatic rings. The lowest BCUT2D eigenvalue weighted by molar-refractivity contribution is 0.0759. The van der Waals surface area contributed by atoms with E-state index in [4.69, 9.17) is 5.11 Å². The van der Waals surface area contributed by atoms with E-state index in [9.17, 15) is 9.90 Å². The van der Waals surface area contributed by atoms with Crippen molar-refractivity contribution in [3.63, 3.8) is 0 Å². The van der Waals surface area contributed by atoms with Crippen LogP contribution < -0.4 is 0 Å². The van der Waals surface area contributed by atoms with Crippen LogP contribution in [-0.2, 0) is 0 Å². The largest absolute Gasteiger partial charge is 0.395 e. The molecule has 2 N–H and O–H groups in total. The Kier molecular flexibility index (Phi) is 4.50. The summed E-state index contributed by atoms with van der Waals surface area (Å²) in [7, 11) is 0. The third-order valence-corrected chi connectivity index (χ3v) is 2.92. The second-order valence-corrected chi connectivity index (χ2v) is 4.37. The molecular weight excluding hydrogens is 244 g/mol. The van der Waals surface area contributed by atoms with Gasteiger partial charge in [-0.05, 0) is 18.6 Å². The Labute approximate surface area is 111 Å². The summed E-state index contributed by atoms with van der Waals surface area (Å²) in [5.41, 5.74) is 0.865. The summed E-state index contributed by atoms with van der Waals surface area (Å²) < 4.78 is 0. The van der Waals surface area contributed by atoms with Crippen molar-refractivity contribution in [2.75, 3.05) is 19.7 Å². The topological polar surface area (TPSA) is 73.7 Å². The van der Waals surface area contributed by atoms with Gasteiger partial charge in [-0.15, -0.1) is 0 Å². The van der Waals surface area contributed by atoms with E-state index in [0.29, 0.717) is 37.2 Å². The highest BCUT2D eigenvalue weighted by Crippen LogP contribution is 2.14. The Morgan fingerprint density at radius 1 is 1.58 bits per heavy atom. The van der Waals surface area contributed by atoms with E-state index >= 15 is 0 Å². The number of likely N-dealkylation sites (tertiary alicyclic amines) is 1. The highest BCUT2D eigenvalue weighted by molar-refractivity contribution is 5.95. The molecule has 0 radical (unpaired) electrons. The number of carbonyl (C=O) groups excluding carboxylic acids is 1. The molecule has 0 bridgehead atoms. The molecule has 5 heteroatoms. The molecule has 0 spiro atoms. The van der Waals surface area contributed by atoms with E-state index in [1.807, 2.05) is 0 Å². The molecule has 2 rings (SSSR count). The first-order valence-corrected chi connectivity index (χ1v) is 6.24. The fourth-order valence-corrected chi connectivity index (χ4v) is 1.97. The minimum absolute atomic E-state index is 0.00510. The lowest BCUT2D eigenvalue weighted by atomic mass is 10.1. The average Bonchev–Trinajstić information content (AvgIpc) is 2.85. The van der Waals surface area contributed by atoms with Gasteiger partial charge in [0, 0.05) is 25.7 Å². The minimum atomic E-state index is -0.448. The van der Waals surface area contributed by atoms with Crippen LogP contribution in [0.2, 0.25) is 0 Å². The molecule has 1 unspecified atom stereocenters. The Bertz CT molecular complexity index is 519. The number of aromatic nitrogens is 1. The van der Waals surface area contributed by atoms with Gasteiger partial charge in [0.2, 0.25) is 0 Å². The van der Waals surface area contributed by atoms with Crippen molar-refractivity contribution in [3.8, 4) is 11.8 Å². The summed E-state index contributed by atoms with van der Waals surface area (Å²) >= 11 is 0. The molecule has 5 nitrogen and oxygen atoms in total. The van der Waals surface area contributed by atoms with E-state index in [2.05, 4.69) is 16.8 Å². The third-order valence-electron chi connectivity index (χ3n) is 2.92. The van der Waals surface area contributed by atoms with Crippen LogP contribution in [0.1, 0.15) is 28.9 Å². The van der Waals surface area contributed by atoms with Gasteiger partial charge in [0.1, 0.15) is 5.69 Å². The highest BCUT2D eigenvalue weighted by Gasteiger charge is 2.27. The molecule has 0 saturated carbocycles. The van der Waals surface area contributed by atoms with E-state index in [1.54, 1.807) is 23.2 Å². The number of aliphatic hydroxyl groups is 2. The molecule has 1 aromatic heterocycles. The Balaban J connectivity index is 2.20. The summed E-state index contributed by atoms with van der Waals surface area (Å²) in [5.74, 6) is 5.43. The number of hydrogen-bond donors (Lipinski definition) is 2. The van der Waals surface area contributed by atoms with Crippen LogP contribution in [0.5, 0.6) is 0 Å². The van der Waals surface area contributed by atoms with Crippen molar-refractivity contribution < 1.29 is 15.0 Å². The summed E-state index contributed by atoms with van der Waals surface area (Å²) in [4.78, 5) is 18.0. The quantitative estimate of drug-likeness (QED) is 0.735. The zero-order valence-electron chi connectivity index (χ0n) is 10.5. The number of amides is 1. The molecule has 1 fully saturated rings. The number of β-amino-alcohol motifs (C(OH)–C–C–N with tert-alkyl or cyclic N) is 1. The van der Waals surface area contributed by atoms with Gasteiger partial charge in [0.05, 0.1) is 18.3 Å². The minimum Gasteiger partial charge on any atom is -0.395 e. The second kappa shape index (κ2) is 6.32. The SMILES string of the molecule is O=C(c1ncccc1C#CCCO)N1CCC(O)C1. The smallest absolute Gasteiger partial charge is 0.273 e. The van der Waals surface area contributed by atoms with Crippen molar-refractivity contribution in [3.05, 3.63) is 29.6 Å². The summed E-state index contributed by atoms with van der Waals surface area (Å²) in [6.45, 7) is 0.883. The molecule has 19 heavy (non-hydrogen) atoms. The zero-order chi connectivity index (χ0) is 13.7. The van der Waals surface area contributed by atoms with Crippen LogP contribution in [0.25, 0.3) is 0 Å². The Morgan fingerprint density at radius 2 is 2.42 bits per heavy atom. The van der Waals surface area contributed by atoms with Gasteiger partial charge in [0.15, 0.2) is 0 Å². The number of rotatable bonds is 2. The molecule has 2 heterocycles. The molecule has 1 atom stereocenters. The Hall–Kier alpha value is -1.90. The fourth-order valence-electron chi connectivity index (χ4n) is 1.97. The number of pyridine rings is 1. The maximum Gasteiger partial charge on any atom is 0.273 e. The van der Waals surface area contributed by atoms with Crippen molar-refractivity contribution >= 4 is 5.91 Å². The van der Waals surface area contributed by atoms with E-state index in [0.717, 1.165) is 0 Å². The van der Waals surface area contributed by atoms with Gasteiger partial charge < -0.3 is 15.1 Å². The van der Waals surface area contributed by atoms with Crippen LogP contribution >= 0.6 is 0 Å². The van der Waals surface area contributed by atoms with Crippen LogP contribution in [-0.4, -0.2) is 51.8 Å². The molecule has 1 saturated heterocycles. The van der Waals surface area contributed by atoms with Crippen LogP contribution in [0.3, 0.4) is 0 Å². The predicted molar refractivity (Wildman–Crippen MR) is 69.3 cm³/mol.